The third-order valence-electron chi connectivity index (χ3n) is 2.23. The van der Waals surface area contributed by atoms with Gasteiger partial charge in [0.25, 0.3) is 0 Å². The second-order valence-corrected chi connectivity index (χ2v) is 4.68. The summed E-state index contributed by atoms with van der Waals surface area (Å²) in [4.78, 5) is 1.49. The molecule has 2 nitrogen and oxygen atoms in total. The largest absolute Gasteiger partial charge is 0.495 e. The van der Waals surface area contributed by atoms with Gasteiger partial charge in [-0.15, -0.1) is 0 Å². The zero-order valence-electron chi connectivity index (χ0n) is 8.92. The van der Waals surface area contributed by atoms with Gasteiger partial charge in [-0.25, -0.2) is 4.21 Å². The first kappa shape index (κ1) is 10.9. The van der Waals surface area contributed by atoms with Gasteiger partial charge in [-0.2, -0.15) is 0 Å². The van der Waals surface area contributed by atoms with Gasteiger partial charge in [0.05, 0.1) is 22.8 Å². The summed E-state index contributed by atoms with van der Waals surface area (Å²) in [6.45, 7) is 0. The number of para-hydroxylation sites is 1. The van der Waals surface area contributed by atoms with Crippen LogP contribution in [-0.4, -0.2) is 11.3 Å². The number of rotatable bonds is 3. The molecule has 0 N–H and O–H groups in total. The Balaban J connectivity index is 2.42. The summed E-state index contributed by atoms with van der Waals surface area (Å²) in [5.74, 6) is 0.657. The van der Waals surface area contributed by atoms with Crippen molar-refractivity contribution in [1.29, 1.82) is 0 Å². The van der Waals surface area contributed by atoms with E-state index in [1.165, 1.54) is 0 Å². The normalized spacial score (nSPS) is 12.1. The van der Waals surface area contributed by atoms with Crippen LogP contribution in [0.15, 0.2) is 64.4 Å². The molecule has 0 aliphatic heterocycles. The SMILES string of the molecule is COc1ccccc1[S@@](=O)c1ccccc1. The Morgan fingerprint density at radius 3 is 2.25 bits per heavy atom. The number of ether oxygens (including phenoxy) is 1. The molecule has 0 saturated heterocycles. The second-order valence-electron chi connectivity index (χ2n) is 3.23. The fourth-order valence-corrected chi connectivity index (χ4v) is 2.64. The quantitative estimate of drug-likeness (QED) is 0.813. The van der Waals surface area contributed by atoms with Crippen LogP contribution in [0.5, 0.6) is 5.75 Å². The Hall–Kier alpha value is -1.61. The van der Waals surface area contributed by atoms with Crippen molar-refractivity contribution in [3.05, 3.63) is 54.6 Å². The molecule has 0 unspecified atom stereocenters. The van der Waals surface area contributed by atoms with Crippen LogP contribution in [0, 0.1) is 0 Å². The number of hydrogen-bond acceptors (Lipinski definition) is 2. The minimum atomic E-state index is -1.18. The summed E-state index contributed by atoms with van der Waals surface area (Å²) in [5.41, 5.74) is 0. The number of benzene rings is 2. The minimum Gasteiger partial charge on any atom is -0.495 e. The third-order valence-corrected chi connectivity index (χ3v) is 3.66. The van der Waals surface area contributed by atoms with Crippen LogP contribution in [0.25, 0.3) is 0 Å². The molecule has 0 fully saturated rings. The summed E-state index contributed by atoms with van der Waals surface area (Å²) in [6, 6.07) is 16.7. The molecule has 0 aliphatic carbocycles. The van der Waals surface area contributed by atoms with Gasteiger partial charge in [-0.1, -0.05) is 30.3 Å². The predicted octanol–water partition coefficient (Wildman–Crippen LogP) is 2.86. The van der Waals surface area contributed by atoms with Crippen molar-refractivity contribution in [2.24, 2.45) is 0 Å². The lowest BCUT2D eigenvalue weighted by Gasteiger charge is -2.07. The summed E-state index contributed by atoms with van der Waals surface area (Å²) in [5, 5.41) is 0. The van der Waals surface area contributed by atoms with E-state index in [-0.39, 0.29) is 0 Å². The Labute approximate surface area is 97.3 Å². The van der Waals surface area contributed by atoms with Crippen LogP contribution < -0.4 is 4.74 Å². The van der Waals surface area contributed by atoms with Gasteiger partial charge in [0.2, 0.25) is 0 Å². The van der Waals surface area contributed by atoms with Crippen LogP contribution in [0.1, 0.15) is 0 Å². The molecule has 2 rings (SSSR count). The van der Waals surface area contributed by atoms with Gasteiger partial charge in [0.15, 0.2) is 0 Å². The lowest BCUT2D eigenvalue weighted by atomic mass is 10.3. The van der Waals surface area contributed by atoms with E-state index in [4.69, 9.17) is 4.74 Å². The highest BCUT2D eigenvalue weighted by Gasteiger charge is 2.11. The summed E-state index contributed by atoms with van der Waals surface area (Å²) in [7, 11) is 0.401. The Bertz CT molecular complexity index is 494. The Morgan fingerprint density at radius 1 is 0.938 bits per heavy atom. The maximum Gasteiger partial charge on any atom is 0.135 e. The molecule has 0 bridgehead atoms. The van der Waals surface area contributed by atoms with Crippen molar-refractivity contribution < 1.29 is 8.95 Å². The smallest absolute Gasteiger partial charge is 0.135 e. The molecule has 16 heavy (non-hydrogen) atoms. The van der Waals surface area contributed by atoms with Crippen molar-refractivity contribution in [2.45, 2.75) is 9.79 Å². The van der Waals surface area contributed by atoms with Crippen molar-refractivity contribution in [3.8, 4) is 5.75 Å². The van der Waals surface area contributed by atoms with Gasteiger partial charge < -0.3 is 4.74 Å². The Morgan fingerprint density at radius 2 is 1.56 bits per heavy atom. The number of methoxy groups -OCH3 is 1. The standard InChI is InChI=1S/C13H12O2S/c1-15-12-9-5-6-10-13(12)16(14)11-7-3-2-4-8-11/h2-10H,1H3/t16-/m0/s1. The maximum atomic E-state index is 12.3. The molecule has 0 aromatic heterocycles. The molecule has 2 aromatic carbocycles. The molecule has 3 heteroatoms. The van der Waals surface area contributed by atoms with Crippen LogP contribution in [0.3, 0.4) is 0 Å². The molecule has 1 atom stereocenters. The zero-order valence-corrected chi connectivity index (χ0v) is 9.74. The summed E-state index contributed by atoms with van der Waals surface area (Å²) >= 11 is 0. The molecule has 2 aromatic rings. The fraction of sp³-hybridized carbons (Fsp3) is 0.0769. The molecular weight excluding hydrogens is 220 g/mol. The molecule has 0 aliphatic rings. The predicted molar refractivity (Wildman–Crippen MR) is 64.1 cm³/mol. The molecule has 0 radical (unpaired) electrons. The highest BCUT2D eigenvalue weighted by molar-refractivity contribution is 7.85. The van der Waals surface area contributed by atoms with Gasteiger partial charge in [-0.05, 0) is 24.3 Å². The van der Waals surface area contributed by atoms with E-state index >= 15 is 0 Å². The first-order valence-electron chi connectivity index (χ1n) is 4.93. The topological polar surface area (TPSA) is 26.3 Å². The van der Waals surface area contributed by atoms with E-state index in [9.17, 15) is 4.21 Å². The average Bonchev–Trinajstić information content (AvgIpc) is 2.39. The van der Waals surface area contributed by atoms with Gasteiger partial charge in [0.1, 0.15) is 5.75 Å². The monoisotopic (exact) mass is 232 g/mol. The van der Waals surface area contributed by atoms with E-state index in [1.54, 1.807) is 7.11 Å². The lowest BCUT2D eigenvalue weighted by Crippen LogP contribution is -1.96. The number of hydrogen-bond donors (Lipinski definition) is 0. The van der Waals surface area contributed by atoms with E-state index in [0.717, 1.165) is 4.90 Å². The highest BCUT2D eigenvalue weighted by atomic mass is 32.2. The van der Waals surface area contributed by atoms with Crippen molar-refractivity contribution in [1.82, 2.24) is 0 Å². The molecular formula is C13H12O2S. The molecule has 0 spiro atoms. The highest BCUT2D eigenvalue weighted by Crippen LogP contribution is 2.25. The average molecular weight is 232 g/mol. The molecule has 0 amide bonds. The van der Waals surface area contributed by atoms with Crippen LogP contribution in [-0.2, 0) is 10.8 Å². The summed E-state index contributed by atoms with van der Waals surface area (Å²) in [6.07, 6.45) is 0. The molecule has 0 heterocycles. The summed E-state index contributed by atoms with van der Waals surface area (Å²) < 4.78 is 17.5. The zero-order chi connectivity index (χ0) is 11.4. The van der Waals surface area contributed by atoms with Crippen molar-refractivity contribution >= 4 is 10.8 Å². The van der Waals surface area contributed by atoms with E-state index in [1.807, 2.05) is 54.6 Å². The van der Waals surface area contributed by atoms with E-state index < -0.39 is 10.8 Å². The van der Waals surface area contributed by atoms with Crippen LogP contribution >= 0.6 is 0 Å². The van der Waals surface area contributed by atoms with Gasteiger partial charge in [-0.3, -0.25) is 0 Å². The van der Waals surface area contributed by atoms with Crippen LogP contribution in [0.2, 0.25) is 0 Å². The van der Waals surface area contributed by atoms with Gasteiger partial charge in [0, 0.05) is 4.90 Å². The third kappa shape index (κ3) is 2.14. The van der Waals surface area contributed by atoms with Crippen molar-refractivity contribution in [2.75, 3.05) is 7.11 Å². The van der Waals surface area contributed by atoms with Crippen molar-refractivity contribution in [3.63, 3.8) is 0 Å². The minimum absolute atomic E-state index is 0.657. The van der Waals surface area contributed by atoms with E-state index in [0.29, 0.717) is 10.6 Å². The van der Waals surface area contributed by atoms with E-state index in [2.05, 4.69) is 0 Å². The first-order valence-corrected chi connectivity index (χ1v) is 6.08. The fourth-order valence-electron chi connectivity index (χ4n) is 1.44. The molecule has 0 saturated carbocycles. The Kier molecular flexibility index (Phi) is 3.37. The van der Waals surface area contributed by atoms with Crippen LogP contribution in [0.4, 0.5) is 0 Å². The maximum absolute atomic E-state index is 12.3. The second kappa shape index (κ2) is 4.94. The molecule has 82 valence electrons. The van der Waals surface area contributed by atoms with Gasteiger partial charge >= 0.3 is 0 Å². The first-order chi connectivity index (χ1) is 7.83. The lowest BCUT2D eigenvalue weighted by molar-refractivity contribution is 0.404.